The molecule has 0 bridgehead atoms. The molecule has 3 N–H and O–H groups in total. The van der Waals surface area contributed by atoms with Crippen LogP contribution in [0.5, 0.6) is 0 Å². The van der Waals surface area contributed by atoms with E-state index in [1.165, 1.54) is 5.56 Å². The van der Waals surface area contributed by atoms with Crippen molar-refractivity contribution in [2.45, 2.75) is 18.9 Å². The molecule has 62 valence electrons. The first-order valence-corrected chi connectivity index (χ1v) is 4.67. The highest BCUT2D eigenvalue weighted by molar-refractivity contribution is 7.07. The van der Waals surface area contributed by atoms with Gasteiger partial charge in [0, 0.05) is 12.6 Å². The summed E-state index contributed by atoms with van der Waals surface area (Å²) < 4.78 is 0. The molecule has 0 amide bonds. The van der Waals surface area contributed by atoms with Crippen molar-refractivity contribution in [2.75, 3.05) is 6.61 Å². The predicted molar refractivity (Wildman–Crippen MR) is 47.6 cm³/mol. The zero-order valence-corrected chi connectivity index (χ0v) is 7.18. The number of rotatable bonds is 4. The van der Waals surface area contributed by atoms with Gasteiger partial charge >= 0.3 is 0 Å². The van der Waals surface area contributed by atoms with Crippen LogP contribution < -0.4 is 5.73 Å². The maximum Gasteiger partial charge on any atom is 0.0431 e. The van der Waals surface area contributed by atoms with E-state index in [-0.39, 0.29) is 12.6 Å². The van der Waals surface area contributed by atoms with Gasteiger partial charge in [0.05, 0.1) is 0 Å². The Morgan fingerprint density at radius 2 is 2.45 bits per heavy atom. The zero-order chi connectivity index (χ0) is 8.10. The van der Waals surface area contributed by atoms with E-state index in [9.17, 15) is 0 Å². The van der Waals surface area contributed by atoms with E-state index in [4.69, 9.17) is 10.8 Å². The maximum absolute atomic E-state index is 8.56. The van der Waals surface area contributed by atoms with Crippen molar-refractivity contribution in [1.82, 2.24) is 0 Å². The lowest BCUT2D eigenvalue weighted by molar-refractivity contribution is 0.280. The fraction of sp³-hybridized carbons (Fsp3) is 0.500. The SMILES string of the molecule is N[C@H](CCCO)c1ccsc1. The lowest BCUT2D eigenvalue weighted by Crippen LogP contribution is -2.09. The van der Waals surface area contributed by atoms with Gasteiger partial charge in [0.25, 0.3) is 0 Å². The average molecular weight is 171 g/mol. The second-order valence-electron chi connectivity index (χ2n) is 2.53. The highest BCUT2D eigenvalue weighted by Crippen LogP contribution is 2.17. The van der Waals surface area contributed by atoms with Crippen LogP contribution in [-0.2, 0) is 0 Å². The van der Waals surface area contributed by atoms with Gasteiger partial charge in [-0.2, -0.15) is 11.3 Å². The van der Waals surface area contributed by atoms with Crippen molar-refractivity contribution in [1.29, 1.82) is 0 Å². The van der Waals surface area contributed by atoms with E-state index < -0.39 is 0 Å². The fourth-order valence-electron chi connectivity index (χ4n) is 0.964. The summed E-state index contributed by atoms with van der Waals surface area (Å²) in [5.74, 6) is 0. The van der Waals surface area contributed by atoms with Crippen LogP contribution in [0.25, 0.3) is 0 Å². The molecule has 0 aliphatic rings. The first kappa shape index (κ1) is 8.71. The summed E-state index contributed by atoms with van der Waals surface area (Å²) in [6.07, 6.45) is 1.66. The monoisotopic (exact) mass is 171 g/mol. The van der Waals surface area contributed by atoms with Gasteiger partial charge in [0.15, 0.2) is 0 Å². The van der Waals surface area contributed by atoms with Gasteiger partial charge in [0.2, 0.25) is 0 Å². The molecule has 0 unspecified atom stereocenters. The quantitative estimate of drug-likeness (QED) is 0.721. The van der Waals surface area contributed by atoms with Gasteiger partial charge in [-0.05, 0) is 35.2 Å². The Morgan fingerprint density at radius 1 is 1.64 bits per heavy atom. The van der Waals surface area contributed by atoms with Gasteiger partial charge in [-0.15, -0.1) is 0 Å². The van der Waals surface area contributed by atoms with Crippen molar-refractivity contribution in [3.8, 4) is 0 Å². The molecule has 0 saturated heterocycles. The lowest BCUT2D eigenvalue weighted by Gasteiger charge is -2.07. The number of aliphatic hydroxyl groups excluding tert-OH is 1. The minimum absolute atomic E-state index is 0.105. The van der Waals surface area contributed by atoms with E-state index in [1.54, 1.807) is 11.3 Å². The van der Waals surface area contributed by atoms with E-state index in [1.807, 2.05) is 11.4 Å². The van der Waals surface area contributed by atoms with Crippen molar-refractivity contribution in [3.05, 3.63) is 22.4 Å². The van der Waals surface area contributed by atoms with Crippen LogP contribution in [0.3, 0.4) is 0 Å². The molecule has 1 rings (SSSR count). The van der Waals surface area contributed by atoms with E-state index >= 15 is 0 Å². The molecule has 3 heteroatoms. The smallest absolute Gasteiger partial charge is 0.0431 e. The van der Waals surface area contributed by atoms with Crippen molar-refractivity contribution >= 4 is 11.3 Å². The molecule has 1 aromatic rings. The number of hydrogen-bond donors (Lipinski definition) is 2. The van der Waals surface area contributed by atoms with Gasteiger partial charge < -0.3 is 10.8 Å². The van der Waals surface area contributed by atoms with Crippen molar-refractivity contribution in [3.63, 3.8) is 0 Å². The molecule has 1 heterocycles. The summed E-state index contributed by atoms with van der Waals surface area (Å²) in [5, 5.41) is 12.6. The first-order chi connectivity index (χ1) is 5.34. The molecule has 2 nitrogen and oxygen atoms in total. The van der Waals surface area contributed by atoms with Crippen molar-refractivity contribution < 1.29 is 5.11 Å². The Labute approximate surface area is 70.7 Å². The average Bonchev–Trinajstić information content (AvgIpc) is 2.52. The maximum atomic E-state index is 8.56. The topological polar surface area (TPSA) is 46.2 Å². The molecule has 0 aromatic carbocycles. The Kier molecular flexibility index (Phi) is 3.56. The summed E-state index contributed by atoms with van der Waals surface area (Å²) in [6.45, 7) is 0.234. The predicted octanol–water partition coefficient (Wildman–Crippen LogP) is 1.52. The largest absolute Gasteiger partial charge is 0.396 e. The fourth-order valence-corrected chi connectivity index (χ4v) is 1.69. The van der Waals surface area contributed by atoms with Crippen LogP contribution in [0.15, 0.2) is 16.8 Å². The Hall–Kier alpha value is -0.380. The Balaban J connectivity index is 2.36. The number of thiophene rings is 1. The molecule has 0 aliphatic carbocycles. The summed E-state index contributed by atoms with van der Waals surface area (Å²) in [7, 11) is 0. The minimum atomic E-state index is 0.105. The number of aliphatic hydroxyl groups is 1. The number of nitrogens with two attached hydrogens (primary N) is 1. The molecular weight excluding hydrogens is 158 g/mol. The Morgan fingerprint density at radius 3 is 3.00 bits per heavy atom. The molecular formula is C8H13NOS. The molecule has 0 spiro atoms. The summed E-state index contributed by atoms with van der Waals surface area (Å²) in [6, 6.07) is 2.14. The second kappa shape index (κ2) is 4.49. The van der Waals surface area contributed by atoms with E-state index in [2.05, 4.69) is 5.38 Å². The van der Waals surface area contributed by atoms with E-state index in [0.717, 1.165) is 12.8 Å². The highest BCUT2D eigenvalue weighted by atomic mass is 32.1. The summed E-state index contributed by atoms with van der Waals surface area (Å²) >= 11 is 1.66. The molecule has 1 aromatic heterocycles. The van der Waals surface area contributed by atoms with Crippen molar-refractivity contribution in [2.24, 2.45) is 5.73 Å². The zero-order valence-electron chi connectivity index (χ0n) is 6.36. The normalized spacial score (nSPS) is 13.3. The minimum Gasteiger partial charge on any atom is -0.396 e. The first-order valence-electron chi connectivity index (χ1n) is 3.73. The molecule has 1 atom stereocenters. The Bertz CT molecular complexity index is 186. The molecule has 0 fully saturated rings. The van der Waals surface area contributed by atoms with Gasteiger partial charge in [-0.1, -0.05) is 0 Å². The lowest BCUT2D eigenvalue weighted by atomic mass is 10.1. The third kappa shape index (κ3) is 2.61. The van der Waals surface area contributed by atoms with Crippen LogP contribution in [-0.4, -0.2) is 11.7 Å². The third-order valence-corrected chi connectivity index (χ3v) is 2.35. The van der Waals surface area contributed by atoms with Crippen LogP contribution in [0.4, 0.5) is 0 Å². The number of hydrogen-bond acceptors (Lipinski definition) is 3. The second-order valence-corrected chi connectivity index (χ2v) is 3.31. The van der Waals surface area contributed by atoms with Gasteiger partial charge in [-0.25, -0.2) is 0 Å². The molecule has 0 radical (unpaired) electrons. The standard InChI is InChI=1S/C8H13NOS/c9-8(2-1-4-10)7-3-5-11-6-7/h3,5-6,8,10H,1-2,4,9H2/t8-/m1/s1. The van der Waals surface area contributed by atoms with Crippen LogP contribution in [0.1, 0.15) is 24.4 Å². The van der Waals surface area contributed by atoms with Crippen LogP contribution >= 0.6 is 11.3 Å². The summed E-state index contributed by atoms with van der Waals surface area (Å²) in [5.41, 5.74) is 7.00. The summed E-state index contributed by atoms with van der Waals surface area (Å²) in [4.78, 5) is 0. The van der Waals surface area contributed by atoms with Crippen LogP contribution in [0.2, 0.25) is 0 Å². The molecule has 0 saturated carbocycles. The van der Waals surface area contributed by atoms with E-state index in [0.29, 0.717) is 0 Å². The molecule has 0 aliphatic heterocycles. The molecule has 11 heavy (non-hydrogen) atoms. The highest BCUT2D eigenvalue weighted by Gasteiger charge is 2.04. The van der Waals surface area contributed by atoms with Crippen LogP contribution in [0, 0.1) is 0 Å². The third-order valence-electron chi connectivity index (χ3n) is 1.64. The van der Waals surface area contributed by atoms with Gasteiger partial charge in [0.1, 0.15) is 0 Å². The van der Waals surface area contributed by atoms with Gasteiger partial charge in [-0.3, -0.25) is 0 Å².